The van der Waals surface area contributed by atoms with Crippen molar-refractivity contribution in [2.75, 3.05) is 0 Å². The average molecular weight is 269 g/mol. The van der Waals surface area contributed by atoms with Gasteiger partial charge in [0, 0.05) is 16.7 Å². The fourth-order valence-corrected chi connectivity index (χ4v) is 3.17. The Balaban J connectivity index is 2.34. The molecule has 4 heteroatoms. The summed E-state index contributed by atoms with van der Waals surface area (Å²) in [6, 6.07) is 6.96. The van der Waals surface area contributed by atoms with E-state index in [2.05, 4.69) is 4.99 Å². The lowest BCUT2D eigenvalue weighted by Crippen LogP contribution is -2.33. The van der Waals surface area contributed by atoms with E-state index in [1.807, 2.05) is 13.8 Å². The molecule has 0 saturated carbocycles. The van der Waals surface area contributed by atoms with Crippen molar-refractivity contribution in [2.45, 2.75) is 26.7 Å². The Morgan fingerprint density at radius 3 is 2.30 bits per heavy atom. The largest absolute Gasteiger partial charge is 0.504 e. The van der Waals surface area contributed by atoms with E-state index in [1.165, 1.54) is 0 Å². The molecule has 0 atom stereocenters. The molecule has 4 nitrogen and oxygen atoms in total. The van der Waals surface area contributed by atoms with Gasteiger partial charge in [0.1, 0.15) is 0 Å². The zero-order chi connectivity index (χ0) is 14.5. The maximum Gasteiger partial charge on any atom is 0.257 e. The molecule has 0 radical (unpaired) electrons. The number of carbonyl (C=O) groups excluding carboxylic acids is 2. The van der Waals surface area contributed by atoms with Crippen molar-refractivity contribution < 1.29 is 14.7 Å². The maximum atomic E-state index is 12.3. The van der Waals surface area contributed by atoms with E-state index in [0.29, 0.717) is 35.3 Å². The molecular weight excluding hydrogens is 254 g/mol. The number of carbonyl (C=O) groups is 2. The highest BCUT2D eigenvalue weighted by atomic mass is 16.3. The minimum Gasteiger partial charge on any atom is -0.504 e. The quantitative estimate of drug-likeness (QED) is 0.897. The number of benzene rings is 1. The fourth-order valence-electron chi connectivity index (χ4n) is 3.17. The molecule has 1 amide bonds. The van der Waals surface area contributed by atoms with Crippen LogP contribution < -0.4 is 0 Å². The molecule has 1 heterocycles. The molecule has 0 fully saturated rings. The van der Waals surface area contributed by atoms with E-state index in [1.54, 1.807) is 24.3 Å². The normalized spacial score (nSPS) is 19.8. The van der Waals surface area contributed by atoms with Crippen LogP contribution in [0.25, 0.3) is 0 Å². The van der Waals surface area contributed by atoms with E-state index in [4.69, 9.17) is 0 Å². The Morgan fingerprint density at radius 1 is 1.10 bits per heavy atom. The lowest BCUT2D eigenvalue weighted by molar-refractivity contribution is -0.124. The molecule has 102 valence electrons. The monoisotopic (exact) mass is 269 g/mol. The summed E-state index contributed by atoms with van der Waals surface area (Å²) in [6.07, 6.45) is 1.04. The van der Waals surface area contributed by atoms with Gasteiger partial charge in [0.05, 0.1) is 11.1 Å². The minimum absolute atomic E-state index is 0.261. The van der Waals surface area contributed by atoms with Crippen LogP contribution in [0, 0.1) is 5.41 Å². The number of aliphatic hydroxyl groups is 1. The van der Waals surface area contributed by atoms with E-state index in [0.717, 1.165) is 0 Å². The van der Waals surface area contributed by atoms with Gasteiger partial charge in [-0.15, -0.1) is 0 Å². The molecule has 0 aromatic heterocycles. The van der Waals surface area contributed by atoms with Crippen molar-refractivity contribution in [3.63, 3.8) is 0 Å². The van der Waals surface area contributed by atoms with Crippen LogP contribution >= 0.6 is 0 Å². The van der Waals surface area contributed by atoms with Crippen LogP contribution in [0.15, 0.2) is 40.6 Å². The Hall–Kier alpha value is -2.23. The van der Waals surface area contributed by atoms with Gasteiger partial charge in [-0.25, -0.2) is 4.99 Å². The molecule has 1 aromatic rings. The van der Waals surface area contributed by atoms with Gasteiger partial charge >= 0.3 is 0 Å². The molecular formula is C16H15NO3. The topological polar surface area (TPSA) is 66.7 Å². The first kappa shape index (κ1) is 12.8. The summed E-state index contributed by atoms with van der Waals surface area (Å²) < 4.78 is 0. The van der Waals surface area contributed by atoms with Crippen molar-refractivity contribution in [2.24, 2.45) is 10.4 Å². The summed E-state index contributed by atoms with van der Waals surface area (Å²) in [7, 11) is 0. The highest BCUT2D eigenvalue weighted by Crippen LogP contribution is 2.47. The summed E-state index contributed by atoms with van der Waals surface area (Å²) in [5.74, 6) is -1.00. The summed E-state index contributed by atoms with van der Waals surface area (Å²) in [4.78, 5) is 28.8. The van der Waals surface area contributed by atoms with Crippen LogP contribution in [0.4, 0.5) is 0 Å². The molecule has 0 unspecified atom stereocenters. The first-order chi connectivity index (χ1) is 9.56. The third-order valence-corrected chi connectivity index (χ3v) is 4.42. The summed E-state index contributed by atoms with van der Waals surface area (Å²) in [5, 5.41) is 10.3. The standard InChI is InChI=1S/C16H15NO3/c1-3-16(4-2)11-12(17-15(16)20)9-7-5-6-8-10(9)13(18)14(11)19/h5-8,19H,3-4H2,1-2H3. The second kappa shape index (κ2) is 4.13. The summed E-state index contributed by atoms with van der Waals surface area (Å²) in [6.45, 7) is 3.76. The van der Waals surface area contributed by atoms with Crippen LogP contribution in [0.5, 0.6) is 0 Å². The number of Topliss-reactive ketones (excluding diaryl/α,β-unsaturated/α-hetero) is 1. The molecule has 3 rings (SSSR count). The minimum atomic E-state index is -0.859. The van der Waals surface area contributed by atoms with E-state index in [-0.39, 0.29) is 11.7 Å². The van der Waals surface area contributed by atoms with Crippen LogP contribution in [0.3, 0.4) is 0 Å². The van der Waals surface area contributed by atoms with Crippen LogP contribution in [0.1, 0.15) is 42.6 Å². The number of hydrogen-bond acceptors (Lipinski definition) is 3. The number of aliphatic imine (C=N–C) groups is 1. The third kappa shape index (κ3) is 1.33. The maximum absolute atomic E-state index is 12.3. The number of ketones is 1. The first-order valence-corrected chi connectivity index (χ1v) is 6.78. The predicted octanol–water partition coefficient (Wildman–Crippen LogP) is 2.83. The van der Waals surface area contributed by atoms with Crippen LogP contribution in [-0.2, 0) is 4.79 Å². The average Bonchev–Trinajstić information content (AvgIpc) is 2.78. The van der Waals surface area contributed by atoms with Crippen molar-refractivity contribution in [3.05, 3.63) is 46.7 Å². The second-order valence-electron chi connectivity index (χ2n) is 5.15. The Kier molecular flexibility index (Phi) is 2.64. The zero-order valence-electron chi connectivity index (χ0n) is 11.4. The smallest absolute Gasteiger partial charge is 0.257 e. The molecule has 2 aliphatic rings. The van der Waals surface area contributed by atoms with Crippen molar-refractivity contribution in [1.82, 2.24) is 0 Å². The Labute approximate surface area is 116 Å². The van der Waals surface area contributed by atoms with E-state index >= 15 is 0 Å². The highest BCUT2D eigenvalue weighted by molar-refractivity contribution is 6.34. The number of rotatable bonds is 2. The van der Waals surface area contributed by atoms with Crippen LogP contribution in [0.2, 0.25) is 0 Å². The number of hydrogen-bond donors (Lipinski definition) is 1. The van der Waals surface area contributed by atoms with Gasteiger partial charge in [0.15, 0.2) is 5.76 Å². The lowest BCUT2D eigenvalue weighted by atomic mass is 9.71. The molecule has 20 heavy (non-hydrogen) atoms. The summed E-state index contributed by atoms with van der Waals surface area (Å²) >= 11 is 0. The van der Waals surface area contributed by atoms with Gasteiger partial charge < -0.3 is 5.11 Å². The number of amides is 1. The number of nitrogens with zero attached hydrogens (tertiary/aromatic N) is 1. The molecule has 0 bridgehead atoms. The zero-order valence-corrected chi connectivity index (χ0v) is 11.4. The van der Waals surface area contributed by atoms with Crippen molar-refractivity contribution in [1.29, 1.82) is 0 Å². The SMILES string of the molecule is CCC1(CC)C(=O)N=C2C1=C(O)C(=O)c1ccccc12. The third-order valence-electron chi connectivity index (χ3n) is 4.42. The second-order valence-corrected chi connectivity index (χ2v) is 5.15. The fraction of sp³-hybridized carbons (Fsp3) is 0.312. The molecule has 1 aromatic carbocycles. The molecule has 1 N–H and O–H groups in total. The predicted molar refractivity (Wildman–Crippen MR) is 75.0 cm³/mol. The van der Waals surface area contributed by atoms with Gasteiger partial charge in [-0.1, -0.05) is 38.1 Å². The number of allylic oxidation sites excluding steroid dienone is 1. The molecule has 0 saturated heterocycles. The highest BCUT2D eigenvalue weighted by Gasteiger charge is 2.51. The van der Waals surface area contributed by atoms with Crippen molar-refractivity contribution >= 4 is 17.4 Å². The van der Waals surface area contributed by atoms with Gasteiger partial charge in [0.2, 0.25) is 5.78 Å². The van der Waals surface area contributed by atoms with Crippen molar-refractivity contribution in [3.8, 4) is 0 Å². The van der Waals surface area contributed by atoms with Crippen LogP contribution in [-0.4, -0.2) is 22.5 Å². The molecule has 1 aliphatic heterocycles. The first-order valence-electron chi connectivity index (χ1n) is 6.78. The lowest BCUT2D eigenvalue weighted by Gasteiger charge is -2.28. The van der Waals surface area contributed by atoms with Gasteiger partial charge in [0.25, 0.3) is 5.91 Å². The number of fused-ring (bicyclic) bond motifs is 3. The van der Waals surface area contributed by atoms with E-state index < -0.39 is 11.2 Å². The molecule has 0 spiro atoms. The Bertz CT molecular complexity index is 693. The van der Waals surface area contributed by atoms with Gasteiger partial charge in [-0.2, -0.15) is 0 Å². The Morgan fingerprint density at radius 2 is 1.70 bits per heavy atom. The number of aliphatic hydroxyl groups excluding tert-OH is 1. The van der Waals surface area contributed by atoms with E-state index in [9.17, 15) is 14.7 Å². The van der Waals surface area contributed by atoms with Gasteiger partial charge in [-0.05, 0) is 12.8 Å². The van der Waals surface area contributed by atoms with Gasteiger partial charge in [-0.3, -0.25) is 9.59 Å². The summed E-state index contributed by atoms with van der Waals surface area (Å²) in [5.41, 5.74) is 1.07. The molecule has 1 aliphatic carbocycles.